The van der Waals surface area contributed by atoms with Crippen LogP contribution < -0.4 is 0 Å². The van der Waals surface area contributed by atoms with Gasteiger partial charge in [0.25, 0.3) is 0 Å². The summed E-state index contributed by atoms with van der Waals surface area (Å²) in [6.07, 6.45) is -7.76. The smallest absolute Gasteiger partial charge is 0.459 e. The molecule has 3 nitrogen and oxygen atoms in total. The van der Waals surface area contributed by atoms with Gasteiger partial charge in [0.05, 0.1) is 18.8 Å². The summed E-state index contributed by atoms with van der Waals surface area (Å²) in [6, 6.07) is 0. The molecule has 0 radical (unpaired) electrons. The minimum Gasteiger partial charge on any atom is -0.486 e. The summed E-state index contributed by atoms with van der Waals surface area (Å²) in [6.45, 7) is 6.90. The molecule has 0 rings (SSSR count). The van der Waals surface area contributed by atoms with Gasteiger partial charge in [0.1, 0.15) is 0 Å². The van der Waals surface area contributed by atoms with Crippen LogP contribution in [0.25, 0.3) is 0 Å². The molecule has 0 saturated carbocycles. The van der Waals surface area contributed by atoms with E-state index in [1.165, 1.54) is 0 Å². The standard InChI is InChI=1S/C14H19F7O3/c1-5-11(3,4)9(2)24-8-10(22)23-7-6-12(15,16)13(17,18)14(19,20)21/h2,5-8H2,1,3-4H3. The number of hydrogen-bond donors (Lipinski definition) is 0. The summed E-state index contributed by atoms with van der Waals surface area (Å²) < 4.78 is 96.0. The monoisotopic (exact) mass is 368 g/mol. The average Bonchev–Trinajstić information content (AvgIpc) is 2.42. The van der Waals surface area contributed by atoms with Gasteiger partial charge in [0.15, 0.2) is 6.61 Å². The molecule has 0 fully saturated rings. The van der Waals surface area contributed by atoms with E-state index in [9.17, 15) is 35.5 Å². The molecule has 0 aromatic carbocycles. The Hall–Kier alpha value is -1.48. The van der Waals surface area contributed by atoms with E-state index in [4.69, 9.17) is 4.74 Å². The van der Waals surface area contributed by atoms with E-state index >= 15 is 0 Å². The van der Waals surface area contributed by atoms with Crippen LogP contribution in [0.4, 0.5) is 30.7 Å². The minimum absolute atomic E-state index is 0.218. The number of allylic oxidation sites excluding steroid dienone is 1. The summed E-state index contributed by atoms with van der Waals surface area (Å²) in [5.74, 6) is -12.6. The molecule has 0 aliphatic heterocycles. The first kappa shape index (κ1) is 22.5. The lowest BCUT2D eigenvalue weighted by Gasteiger charge is -2.28. The molecule has 142 valence electrons. The van der Waals surface area contributed by atoms with Crippen molar-refractivity contribution in [2.75, 3.05) is 13.2 Å². The number of esters is 1. The third-order valence-electron chi connectivity index (χ3n) is 3.50. The molecule has 0 aliphatic rings. The van der Waals surface area contributed by atoms with Crippen molar-refractivity contribution in [2.24, 2.45) is 5.41 Å². The van der Waals surface area contributed by atoms with E-state index in [-0.39, 0.29) is 5.76 Å². The third-order valence-corrected chi connectivity index (χ3v) is 3.50. The Balaban J connectivity index is 4.42. The Kier molecular flexibility index (Phi) is 7.14. The van der Waals surface area contributed by atoms with Crippen LogP contribution in [0.5, 0.6) is 0 Å². The zero-order valence-corrected chi connectivity index (χ0v) is 13.4. The number of hydrogen-bond acceptors (Lipinski definition) is 3. The zero-order chi connectivity index (χ0) is 19.4. The van der Waals surface area contributed by atoms with Crippen LogP contribution >= 0.6 is 0 Å². The molecule has 0 aliphatic carbocycles. The second kappa shape index (κ2) is 7.60. The fourth-order valence-electron chi connectivity index (χ4n) is 1.24. The number of ether oxygens (including phenoxy) is 2. The lowest BCUT2D eigenvalue weighted by molar-refractivity contribution is -0.356. The summed E-state index contributed by atoms with van der Waals surface area (Å²) in [5.41, 5.74) is -0.470. The van der Waals surface area contributed by atoms with Gasteiger partial charge in [-0.05, 0) is 6.42 Å². The van der Waals surface area contributed by atoms with Crippen LogP contribution in [0.2, 0.25) is 0 Å². The van der Waals surface area contributed by atoms with Gasteiger partial charge >= 0.3 is 24.0 Å². The summed E-state index contributed by atoms with van der Waals surface area (Å²) >= 11 is 0. The Bertz CT molecular complexity index is 456. The fraction of sp³-hybridized carbons (Fsp3) is 0.786. The predicted octanol–water partition coefficient (Wildman–Crippen LogP) is 4.72. The molecule has 0 atom stereocenters. The number of alkyl halides is 7. The molecule has 0 aromatic rings. The van der Waals surface area contributed by atoms with Crippen molar-refractivity contribution in [3.8, 4) is 0 Å². The van der Waals surface area contributed by atoms with Gasteiger partial charge in [0, 0.05) is 5.41 Å². The first-order valence-electron chi connectivity index (χ1n) is 6.88. The maximum absolute atomic E-state index is 13.0. The highest BCUT2D eigenvalue weighted by Gasteiger charge is 2.72. The van der Waals surface area contributed by atoms with Crippen molar-refractivity contribution in [3.63, 3.8) is 0 Å². The molecule has 0 heterocycles. The second-order valence-electron chi connectivity index (χ2n) is 5.70. The van der Waals surface area contributed by atoms with Gasteiger partial charge in [0.2, 0.25) is 0 Å². The minimum atomic E-state index is -6.41. The average molecular weight is 368 g/mol. The Morgan fingerprint density at radius 2 is 1.50 bits per heavy atom. The summed E-state index contributed by atoms with van der Waals surface area (Å²) in [4.78, 5) is 11.3. The lowest BCUT2D eigenvalue weighted by Crippen LogP contribution is -2.52. The molecular formula is C14H19F7O3. The van der Waals surface area contributed by atoms with E-state index in [0.29, 0.717) is 6.42 Å². The molecule has 0 aromatic heterocycles. The first-order chi connectivity index (χ1) is 10.6. The van der Waals surface area contributed by atoms with E-state index < -0.39 is 49.0 Å². The summed E-state index contributed by atoms with van der Waals surface area (Å²) in [5, 5.41) is 0. The van der Waals surface area contributed by atoms with E-state index in [0.717, 1.165) is 0 Å². The van der Waals surface area contributed by atoms with Crippen molar-refractivity contribution < 1.29 is 45.0 Å². The number of carbonyl (C=O) groups excluding carboxylic acids is 1. The van der Waals surface area contributed by atoms with Gasteiger partial charge in [-0.3, -0.25) is 0 Å². The van der Waals surface area contributed by atoms with Gasteiger partial charge < -0.3 is 9.47 Å². The number of carbonyl (C=O) groups is 1. The third kappa shape index (κ3) is 5.55. The normalized spacial score (nSPS) is 13.6. The second-order valence-corrected chi connectivity index (χ2v) is 5.70. The Labute approximate surface area is 134 Å². The highest BCUT2D eigenvalue weighted by Crippen LogP contribution is 2.47. The van der Waals surface area contributed by atoms with E-state index in [1.54, 1.807) is 13.8 Å². The number of halogens is 7. The zero-order valence-electron chi connectivity index (χ0n) is 13.4. The maximum Gasteiger partial charge on any atom is 0.459 e. The quantitative estimate of drug-likeness (QED) is 0.336. The Morgan fingerprint density at radius 3 is 1.92 bits per heavy atom. The van der Waals surface area contributed by atoms with Crippen LogP contribution in [0, 0.1) is 5.41 Å². The largest absolute Gasteiger partial charge is 0.486 e. The molecule has 0 spiro atoms. The van der Waals surface area contributed by atoms with Crippen molar-refractivity contribution >= 4 is 5.97 Å². The van der Waals surface area contributed by atoms with E-state index in [1.807, 2.05) is 6.92 Å². The highest BCUT2D eigenvalue weighted by molar-refractivity contribution is 5.70. The SMILES string of the molecule is C=C(OCC(=O)OCCC(F)(F)C(F)(F)C(F)(F)F)C(C)(C)CC. The van der Waals surface area contributed by atoms with Crippen LogP contribution in [0.15, 0.2) is 12.3 Å². The number of rotatable bonds is 9. The maximum atomic E-state index is 13.0. The van der Waals surface area contributed by atoms with Gasteiger partial charge in [-0.1, -0.05) is 27.4 Å². The first-order valence-corrected chi connectivity index (χ1v) is 6.88. The van der Waals surface area contributed by atoms with Gasteiger partial charge in [-0.15, -0.1) is 0 Å². The van der Waals surface area contributed by atoms with Crippen molar-refractivity contribution in [1.82, 2.24) is 0 Å². The fourth-order valence-corrected chi connectivity index (χ4v) is 1.24. The van der Waals surface area contributed by atoms with Gasteiger partial charge in [-0.2, -0.15) is 30.7 Å². The van der Waals surface area contributed by atoms with Gasteiger partial charge in [-0.25, -0.2) is 4.79 Å². The van der Waals surface area contributed by atoms with Crippen molar-refractivity contribution in [1.29, 1.82) is 0 Å². The van der Waals surface area contributed by atoms with Crippen LogP contribution in [0.1, 0.15) is 33.6 Å². The molecule has 0 N–H and O–H groups in total. The predicted molar refractivity (Wildman–Crippen MR) is 70.7 cm³/mol. The molecule has 0 saturated heterocycles. The lowest BCUT2D eigenvalue weighted by atomic mass is 9.88. The summed E-state index contributed by atoms with van der Waals surface area (Å²) in [7, 11) is 0. The van der Waals surface area contributed by atoms with Crippen LogP contribution in [0.3, 0.4) is 0 Å². The Morgan fingerprint density at radius 1 is 1.00 bits per heavy atom. The van der Waals surface area contributed by atoms with Crippen LogP contribution in [-0.4, -0.2) is 37.2 Å². The molecule has 24 heavy (non-hydrogen) atoms. The molecule has 0 amide bonds. The molecule has 0 bridgehead atoms. The van der Waals surface area contributed by atoms with Crippen molar-refractivity contribution in [3.05, 3.63) is 12.3 Å². The van der Waals surface area contributed by atoms with E-state index in [2.05, 4.69) is 11.3 Å². The molecule has 0 unspecified atom stereocenters. The molecule has 10 heteroatoms. The molecular weight excluding hydrogens is 349 g/mol. The highest BCUT2D eigenvalue weighted by atomic mass is 19.4. The van der Waals surface area contributed by atoms with Crippen LogP contribution in [-0.2, 0) is 14.3 Å². The van der Waals surface area contributed by atoms with Crippen molar-refractivity contribution in [2.45, 2.75) is 51.6 Å². The topological polar surface area (TPSA) is 35.5 Å².